The van der Waals surface area contributed by atoms with Gasteiger partial charge in [0.05, 0.1) is 11.3 Å². The molecule has 0 aromatic heterocycles. The van der Waals surface area contributed by atoms with Crippen molar-refractivity contribution < 1.29 is 18.3 Å². The Kier molecular flexibility index (Phi) is 4.46. The van der Waals surface area contributed by atoms with E-state index >= 15 is 0 Å². The van der Waals surface area contributed by atoms with Crippen molar-refractivity contribution in [3.05, 3.63) is 27.8 Å². The van der Waals surface area contributed by atoms with Crippen LogP contribution in [0.3, 0.4) is 0 Å². The van der Waals surface area contributed by atoms with Gasteiger partial charge in [-0.3, -0.25) is 4.79 Å². The van der Waals surface area contributed by atoms with Crippen molar-refractivity contribution in [3.63, 3.8) is 0 Å². The quantitative estimate of drug-likeness (QED) is 0.747. The fourth-order valence-corrected chi connectivity index (χ4v) is 3.85. The normalized spacial score (nSPS) is 15.7. The largest absolute Gasteiger partial charge is 0.481 e. The number of aliphatic carboxylic acids is 1. The zero-order chi connectivity index (χ0) is 14.0. The van der Waals surface area contributed by atoms with Gasteiger partial charge in [-0.15, -0.1) is 0 Å². The molecule has 1 saturated carbocycles. The third-order valence-electron chi connectivity index (χ3n) is 2.92. The Morgan fingerprint density at radius 1 is 1.32 bits per heavy atom. The zero-order valence-electron chi connectivity index (χ0n) is 10.1. The van der Waals surface area contributed by atoms with Gasteiger partial charge in [0.15, 0.2) is 0 Å². The Morgan fingerprint density at radius 3 is 2.37 bits per heavy atom. The highest BCUT2D eigenvalue weighted by Crippen LogP contribution is 2.32. The molecule has 0 heterocycles. The number of carboxylic acids is 1. The van der Waals surface area contributed by atoms with Crippen molar-refractivity contribution in [3.8, 4) is 0 Å². The van der Waals surface area contributed by atoms with E-state index in [0.29, 0.717) is 0 Å². The number of hydrogen-bond acceptors (Lipinski definition) is 3. The third-order valence-corrected chi connectivity index (χ3v) is 5.61. The van der Waals surface area contributed by atoms with Gasteiger partial charge >= 0.3 is 5.97 Å². The summed E-state index contributed by atoms with van der Waals surface area (Å²) in [6, 6.07) is 6.55. The Hall–Kier alpha value is -0.670. The molecule has 0 aliphatic heterocycles. The zero-order valence-corrected chi connectivity index (χ0v) is 13.1. The highest BCUT2D eigenvalue weighted by molar-refractivity contribution is 14.1. The first-order chi connectivity index (χ1) is 8.91. The molecule has 19 heavy (non-hydrogen) atoms. The van der Waals surface area contributed by atoms with Crippen LogP contribution < -0.4 is 0 Å². The molecule has 1 aliphatic carbocycles. The molecule has 1 N–H and O–H groups in total. The first-order valence-corrected chi connectivity index (χ1v) is 8.42. The van der Waals surface area contributed by atoms with Crippen LogP contribution in [-0.4, -0.2) is 36.4 Å². The van der Waals surface area contributed by atoms with E-state index in [1.165, 1.54) is 4.31 Å². The Balaban J connectivity index is 2.23. The van der Waals surface area contributed by atoms with Crippen LogP contribution in [0.1, 0.15) is 19.3 Å². The fourth-order valence-electron chi connectivity index (χ4n) is 1.81. The summed E-state index contributed by atoms with van der Waals surface area (Å²) in [6.45, 7) is 0.0360. The predicted octanol–water partition coefficient (Wildman–Crippen LogP) is 1.92. The summed E-state index contributed by atoms with van der Waals surface area (Å²) in [5.74, 6) is -0.983. The smallest absolute Gasteiger partial charge is 0.304 e. The van der Waals surface area contributed by atoms with Gasteiger partial charge < -0.3 is 5.11 Å². The van der Waals surface area contributed by atoms with Gasteiger partial charge in [0, 0.05) is 16.2 Å². The monoisotopic (exact) mass is 395 g/mol. The summed E-state index contributed by atoms with van der Waals surface area (Å²) >= 11 is 2.11. The lowest BCUT2D eigenvalue weighted by molar-refractivity contribution is -0.137. The Bertz CT molecular complexity index is 566. The third kappa shape index (κ3) is 3.67. The van der Waals surface area contributed by atoms with E-state index in [0.717, 1.165) is 16.4 Å². The lowest BCUT2D eigenvalue weighted by Gasteiger charge is -2.21. The maximum absolute atomic E-state index is 12.5. The maximum atomic E-state index is 12.5. The first-order valence-electron chi connectivity index (χ1n) is 5.90. The second-order valence-corrected chi connectivity index (χ2v) is 7.58. The van der Waals surface area contributed by atoms with Crippen molar-refractivity contribution >= 4 is 38.6 Å². The first kappa shape index (κ1) is 14.7. The lowest BCUT2D eigenvalue weighted by atomic mass is 10.4. The molecule has 0 unspecified atom stereocenters. The van der Waals surface area contributed by atoms with Crippen LogP contribution in [0.25, 0.3) is 0 Å². The van der Waals surface area contributed by atoms with Crippen LogP contribution in [0.2, 0.25) is 0 Å². The molecule has 0 atom stereocenters. The second-order valence-electron chi connectivity index (χ2n) is 4.44. The number of benzene rings is 1. The van der Waals surface area contributed by atoms with Gasteiger partial charge in [0.25, 0.3) is 0 Å². The van der Waals surface area contributed by atoms with Gasteiger partial charge in [-0.05, 0) is 59.7 Å². The summed E-state index contributed by atoms with van der Waals surface area (Å²) in [5.41, 5.74) is 0. The van der Waals surface area contributed by atoms with Gasteiger partial charge in [0.2, 0.25) is 10.0 Å². The lowest BCUT2D eigenvalue weighted by Crippen LogP contribution is -2.35. The minimum absolute atomic E-state index is 0.0360. The van der Waals surface area contributed by atoms with Crippen LogP contribution in [0.15, 0.2) is 29.2 Å². The molecule has 0 amide bonds. The van der Waals surface area contributed by atoms with Gasteiger partial charge in [-0.2, -0.15) is 4.31 Å². The number of carbonyl (C=O) groups is 1. The molecule has 5 nitrogen and oxygen atoms in total. The van der Waals surface area contributed by atoms with E-state index < -0.39 is 16.0 Å². The SMILES string of the molecule is O=C(O)CCN(C1CC1)S(=O)(=O)c1ccc(I)cc1. The summed E-state index contributed by atoms with van der Waals surface area (Å²) in [4.78, 5) is 10.9. The van der Waals surface area contributed by atoms with Gasteiger partial charge in [-0.1, -0.05) is 0 Å². The van der Waals surface area contributed by atoms with Crippen LogP contribution in [0.4, 0.5) is 0 Å². The summed E-state index contributed by atoms with van der Waals surface area (Å²) < 4.78 is 27.2. The molecular formula is C12H14INO4S. The number of halogens is 1. The second kappa shape index (κ2) is 5.76. The molecule has 1 fully saturated rings. The van der Waals surface area contributed by atoms with E-state index in [9.17, 15) is 13.2 Å². The molecular weight excluding hydrogens is 381 g/mol. The van der Waals surface area contributed by atoms with Crippen molar-refractivity contribution in [2.75, 3.05) is 6.54 Å². The molecule has 2 rings (SSSR count). The predicted molar refractivity (Wildman–Crippen MR) is 78.3 cm³/mol. The van der Waals surface area contributed by atoms with E-state index in [1.807, 2.05) is 0 Å². The molecule has 1 aromatic carbocycles. The standard InChI is InChI=1S/C12H14INO4S/c13-9-1-5-11(6-2-9)19(17,18)14(10-3-4-10)8-7-12(15)16/h1-2,5-6,10H,3-4,7-8H2,(H,15,16). The van der Waals surface area contributed by atoms with E-state index in [1.54, 1.807) is 24.3 Å². The molecule has 0 radical (unpaired) electrons. The van der Waals surface area contributed by atoms with Crippen molar-refractivity contribution in [2.45, 2.75) is 30.2 Å². The molecule has 7 heteroatoms. The number of rotatable bonds is 6. The number of carboxylic acid groups (broad SMARTS) is 1. The Labute approximate surface area is 125 Å². The minimum Gasteiger partial charge on any atom is -0.481 e. The van der Waals surface area contributed by atoms with E-state index in [2.05, 4.69) is 22.6 Å². The van der Waals surface area contributed by atoms with E-state index in [4.69, 9.17) is 5.11 Å². The molecule has 1 aromatic rings. The van der Waals surface area contributed by atoms with Crippen LogP contribution >= 0.6 is 22.6 Å². The fraction of sp³-hybridized carbons (Fsp3) is 0.417. The average molecular weight is 395 g/mol. The molecule has 0 spiro atoms. The summed E-state index contributed by atoms with van der Waals surface area (Å²) in [6.07, 6.45) is 1.45. The topological polar surface area (TPSA) is 74.7 Å². The number of nitrogens with zero attached hydrogens (tertiary/aromatic N) is 1. The van der Waals surface area contributed by atoms with Crippen molar-refractivity contribution in [2.24, 2.45) is 0 Å². The highest BCUT2D eigenvalue weighted by atomic mass is 127. The van der Waals surface area contributed by atoms with Crippen LogP contribution in [-0.2, 0) is 14.8 Å². The number of hydrogen-bond donors (Lipinski definition) is 1. The van der Waals surface area contributed by atoms with Crippen molar-refractivity contribution in [1.82, 2.24) is 4.31 Å². The summed E-state index contributed by atoms with van der Waals surface area (Å²) in [7, 11) is -3.58. The van der Waals surface area contributed by atoms with Crippen molar-refractivity contribution in [1.29, 1.82) is 0 Å². The highest BCUT2D eigenvalue weighted by Gasteiger charge is 2.37. The summed E-state index contributed by atoms with van der Waals surface area (Å²) in [5, 5.41) is 8.71. The Morgan fingerprint density at radius 2 is 1.89 bits per heavy atom. The molecule has 1 aliphatic rings. The number of sulfonamides is 1. The minimum atomic E-state index is -3.58. The maximum Gasteiger partial charge on any atom is 0.304 e. The van der Waals surface area contributed by atoms with E-state index in [-0.39, 0.29) is 23.9 Å². The molecule has 104 valence electrons. The average Bonchev–Trinajstić information content (AvgIpc) is 3.13. The van der Waals surface area contributed by atoms with Crippen LogP contribution in [0.5, 0.6) is 0 Å². The van der Waals surface area contributed by atoms with Crippen LogP contribution in [0, 0.1) is 3.57 Å². The molecule has 0 bridgehead atoms. The molecule has 0 saturated heterocycles. The van der Waals surface area contributed by atoms with Gasteiger partial charge in [0.1, 0.15) is 0 Å². The van der Waals surface area contributed by atoms with Gasteiger partial charge in [-0.25, -0.2) is 8.42 Å².